The number of hydrogen-bond acceptors (Lipinski definition) is 7. The van der Waals surface area contributed by atoms with Crippen molar-refractivity contribution in [3.63, 3.8) is 0 Å². The standard InChI is InChI=1S/C17H19N3O7/c1-10-8-19(16(24)18-15(10)23)17(7-13(22)14(9-21)27-17)6-11-4-2-3-5-12(11)20(25)26/h2-5,8,13-14,21-22H,6-7,9H2,1H3,(H,18,23,24)/t13-,14+,17+/m0/s1. The van der Waals surface area contributed by atoms with Crippen molar-refractivity contribution in [1.82, 2.24) is 9.55 Å². The lowest BCUT2D eigenvalue weighted by molar-refractivity contribution is -0.385. The predicted octanol–water partition coefficient (Wildman–Crippen LogP) is -0.209. The van der Waals surface area contributed by atoms with Crippen LogP contribution < -0.4 is 11.2 Å². The van der Waals surface area contributed by atoms with Crippen molar-refractivity contribution in [2.45, 2.75) is 37.7 Å². The summed E-state index contributed by atoms with van der Waals surface area (Å²) in [6.45, 7) is 1.01. The van der Waals surface area contributed by atoms with Crippen LogP contribution in [0.15, 0.2) is 40.1 Å². The summed E-state index contributed by atoms with van der Waals surface area (Å²) in [5, 5.41) is 31.1. The Kier molecular flexibility index (Phi) is 4.96. The van der Waals surface area contributed by atoms with Gasteiger partial charge in [-0.05, 0) is 6.92 Å². The van der Waals surface area contributed by atoms with Crippen LogP contribution in [0.3, 0.4) is 0 Å². The summed E-state index contributed by atoms with van der Waals surface area (Å²) in [4.78, 5) is 37.1. The smallest absolute Gasteiger partial charge is 0.330 e. The molecule has 3 rings (SSSR count). The number of nitro benzene ring substituents is 1. The zero-order valence-corrected chi connectivity index (χ0v) is 14.5. The van der Waals surface area contributed by atoms with Crippen LogP contribution >= 0.6 is 0 Å². The number of nitrogens with zero attached hydrogens (tertiary/aromatic N) is 2. The SMILES string of the molecule is Cc1cn([C@@]2(Cc3ccccc3[N+](=O)[O-])C[C@H](O)[C@@H](CO)O2)c(=O)[nH]c1=O. The summed E-state index contributed by atoms with van der Waals surface area (Å²) in [6, 6.07) is 6.00. The minimum atomic E-state index is -1.50. The van der Waals surface area contributed by atoms with Gasteiger partial charge in [-0.15, -0.1) is 0 Å². The number of para-hydroxylation sites is 1. The van der Waals surface area contributed by atoms with E-state index >= 15 is 0 Å². The number of H-pyrrole nitrogens is 1. The molecule has 0 unspecified atom stereocenters. The molecule has 10 nitrogen and oxygen atoms in total. The molecule has 1 aromatic carbocycles. The van der Waals surface area contributed by atoms with Crippen LogP contribution in [-0.4, -0.2) is 43.5 Å². The second-order valence-electron chi connectivity index (χ2n) is 6.56. The van der Waals surface area contributed by atoms with Crippen molar-refractivity contribution in [3.8, 4) is 0 Å². The number of ether oxygens (including phenoxy) is 1. The molecule has 3 atom stereocenters. The molecule has 0 aliphatic carbocycles. The van der Waals surface area contributed by atoms with Crippen molar-refractivity contribution in [2.24, 2.45) is 0 Å². The van der Waals surface area contributed by atoms with E-state index in [1.807, 2.05) is 0 Å². The molecule has 1 aliphatic rings. The summed E-state index contributed by atoms with van der Waals surface area (Å²) in [5.41, 5.74) is -2.45. The Hall–Kier alpha value is -2.82. The van der Waals surface area contributed by atoms with E-state index in [1.165, 1.54) is 31.3 Å². The highest BCUT2D eigenvalue weighted by atomic mass is 16.6. The van der Waals surface area contributed by atoms with Crippen molar-refractivity contribution < 1.29 is 19.9 Å². The molecule has 10 heteroatoms. The van der Waals surface area contributed by atoms with Crippen molar-refractivity contribution in [2.75, 3.05) is 6.61 Å². The maximum atomic E-state index is 12.4. The second kappa shape index (κ2) is 7.06. The molecule has 1 aliphatic heterocycles. The number of aromatic nitrogens is 2. The average Bonchev–Trinajstić information content (AvgIpc) is 2.94. The van der Waals surface area contributed by atoms with E-state index in [2.05, 4.69) is 4.98 Å². The van der Waals surface area contributed by atoms with Gasteiger partial charge in [-0.2, -0.15) is 0 Å². The first-order valence-electron chi connectivity index (χ1n) is 8.29. The van der Waals surface area contributed by atoms with Crippen molar-refractivity contribution >= 4 is 5.69 Å². The fourth-order valence-corrected chi connectivity index (χ4v) is 3.39. The van der Waals surface area contributed by atoms with Gasteiger partial charge >= 0.3 is 5.69 Å². The first kappa shape index (κ1) is 19.0. The molecule has 0 saturated carbocycles. The van der Waals surface area contributed by atoms with E-state index < -0.39 is 40.7 Å². The number of hydrogen-bond donors (Lipinski definition) is 3. The van der Waals surface area contributed by atoms with E-state index in [0.29, 0.717) is 5.56 Å². The highest BCUT2D eigenvalue weighted by Gasteiger charge is 2.48. The molecule has 0 bridgehead atoms. The molecule has 27 heavy (non-hydrogen) atoms. The minimum absolute atomic E-state index is 0.0876. The lowest BCUT2D eigenvalue weighted by Crippen LogP contribution is -2.46. The van der Waals surface area contributed by atoms with E-state index in [1.54, 1.807) is 6.07 Å². The third-order valence-electron chi connectivity index (χ3n) is 4.72. The predicted molar refractivity (Wildman–Crippen MR) is 93.4 cm³/mol. The molecule has 0 amide bonds. The maximum absolute atomic E-state index is 12.4. The summed E-state index contributed by atoms with van der Waals surface area (Å²) in [5.74, 6) is 0. The molecule has 144 valence electrons. The molecule has 0 radical (unpaired) electrons. The number of nitrogens with one attached hydrogen (secondary N) is 1. The number of nitro groups is 1. The van der Waals surface area contributed by atoms with Crippen LogP contribution in [0.2, 0.25) is 0 Å². The summed E-state index contributed by atoms with van der Waals surface area (Å²) in [6.07, 6.45) is -0.954. The van der Waals surface area contributed by atoms with Gasteiger partial charge in [0.15, 0.2) is 5.72 Å². The number of aliphatic hydroxyl groups excluding tert-OH is 2. The molecular weight excluding hydrogens is 358 g/mol. The minimum Gasteiger partial charge on any atom is -0.394 e. The summed E-state index contributed by atoms with van der Waals surface area (Å²) >= 11 is 0. The maximum Gasteiger partial charge on any atom is 0.330 e. The topological polar surface area (TPSA) is 148 Å². The van der Waals surface area contributed by atoms with Crippen LogP contribution in [0.5, 0.6) is 0 Å². The monoisotopic (exact) mass is 377 g/mol. The Bertz CT molecular complexity index is 983. The number of aliphatic hydroxyl groups is 2. The zero-order chi connectivity index (χ0) is 19.8. The zero-order valence-electron chi connectivity index (χ0n) is 14.5. The Morgan fingerprint density at radius 1 is 1.41 bits per heavy atom. The lowest BCUT2D eigenvalue weighted by atomic mass is 9.96. The van der Waals surface area contributed by atoms with Gasteiger partial charge in [0.25, 0.3) is 11.2 Å². The average molecular weight is 377 g/mol. The summed E-state index contributed by atoms with van der Waals surface area (Å²) < 4.78 is 6.95. The van der Waals surface area contributed by atoms with Gasteiger partial charge in [0.05, 0.1) is 17.6 Å². The molecule has 1 saturated heterocycles. The van der Waals surface area contributed by atoms with Crippen LogP contribution in [0.1, 0.15) is 17.5 Å². The highest BCUT2D eigenvalue weighted by molar-refractivity contribution is 5.40. The second-order valence-corrected chi connectivity index (χ2v) is 6.56. The van der Waals surface area contributed by atoms with E-state index in [-0.39, 0.29) is 24.1 Å². The molecule has 2 heterocycles. The van der Waals surface area contributed by atoms with Gasteiger partial charge in [0.1, 0.15) is 6.10 Å². The largest absolute Gasteiger partial charge is 0.394 e. The fraction of sp³-hybridized carbons (Fsp3) is 0.412. The van der Waals surface area contributed by atoms with Crippen LogP contribution in [0.4, 0.5) is 5.69 Å². The Labute approximate surface area is 152 Å². The van der Waals surface area contributed by atoms with E-state index in [0.717, 1.165) is 4.57 Å². The van der Waals surface area contributed by atoms with Gasteiger partial charge in [-0.1, -0.05) is 18.2 Å². The first-order valence-corrected chi connectivity index (χ1v) is 8.29. The number of aromatic amines is 1. The van der Waals surface area contributed by atoms with Gasteiger partial charge in [-0.3, -0.25) is 24.5 Å². The van der Waals surface area contributed by atoms with Gasteiger partial charge in [0.2, 0.25) is 0 Å². The Morgan fingerprint density at radius 2 is 2.11 bits per heavy atom. The van der Waals surface area contributed by atoms with Crippen LogP contribution in [0, 0.1) is 17.0 Å². The van der Waals surface area contributed by atoms with Crippen LogP contribution in [-0.2, 0) is 16.9 Å². The first-order chi connectivity index (χ1) is 12.8. The number of rotatable bonds is 5. The molecule has 1 aromatic heterocycles. The number of benzene rings is 1. The quantitative estimate of drug-likeness (QED) is 0.482. The molecule has 3 N–H and O–H groups in total. The van der Waals surface area contributed by atoms with Crippen LogP contribution in [0.25, 0.3) is 0 Å². The van der Waals surface area contributed by atoms with Crippen molar-refractivity contribution in [3.05, 3.63) is 72.5 Å². The summed E-state index contributed by atoms with van der Waals surface area (Å²) in [7, 11) is 0. The third kappa shape index (κ3) is 3.42. The Morgan fingerprint density at radius 3 is 2.74 bits per heavy atom. The van der Waals surface area contributed by atoms with Gasteiger partial charge < -0.3 is 14.9 Å². The molecule has 1 fully saturated rings. The highest BCUT2D eigenvalue weighted by Crippen LogP contribution is 2.38. The third-order valence-corrected chi connectivity index (χ3v) is 4.72. The van der Waals surface area contributed by atoms with Gasteiger partial charge in [0, 0.05) is 36.2 Å². The molecular formula is C17H19N3O7. The number of aryl methyl sites for hydroxylation is 1. The fourth-order valence-electron chi connectivity index (χ4n) is 3.39. The van der Waals surface area contributed by atoms with E-state index in [9.17, 15) is 29.9 Å². The van der Waals surface area contributed by atoms with E-state index in [4.69, 9.17) is 4.74 Å². The molecule has 0 spiro atoms. The Balaban J connectivity index is 2.17. The molecule has 2 aromatic rings. The van der Waals surface area contributed by atoms with Crippen molar-refractivity contribution in [1.29, 1.82) is 0 Å². The lowest BCUT2D eigenvalue weighted by Gasteiger charge is -2.31. The van der Waals surface area contributed by atoms with Gasteiger partial charge in [-0.25, -0.2) is 4.79 Å². The normalized spacial score (nSPS) is 24.9.